The van der Waals surface area contributed by atoms with E-state index in [0.717, 1.165) is 108 Å². The Morgan fingerprint density at radius 1 is 0.278 bits per heavy atom. The van der Waals surface area contributed by atoms with Crippen LogP contribution >= 0.6 is 15.6 Å². The summed E-state index contributed by atoms with van der Waals surface area (Å²) in [5, 5.41) is 10.6. The number of rotatable bonds is 68. The molecule has 0 aliphatic carbocycles. The third-order valence-electron chi connectivity index (χ3n) is 16.3. The fourth-order valence-electron chi connectivity index (χ4n) is 10.7. The van der Waals surface area contributed by atoms with E-state index in [-0.39, 0.29) is 25.7 Å². The lowest BCUT2D eigenvalue weighted by Crippen LogP contribution is -2.30. The number of esters is 4. The quantitative estimate of drug-likeness (QED) is 0.0222. The molecule has 0 saturated carbocycles. The molecule has 90 heavy (non-hydrogen) atoms. The van der Waals surface area contributed by atoms with E-state index >= 15 is 0 Å². The van der Waals surface area contributed by atoms with Crippen LogP contribution in [0.25, 0.3) is 0 Å². The number of carbonyl (C=O) groups excluding carboxylic acids is 4. The van der Waals surface area contributed by atoms with Crippen molar-refractivity contribution in [2.75, 3.05) is 39.6 Å². The Hall–Kier alpha value is -1.94. The van der Waals surface area contributed by atoms with Crippen molar-refractivity contribution in [2.45, 2.75) is 369 Å². The number of aliphatic hydroxyl groups excluding tert-OH is 1. The molecule has 0 aromatic rings. The molecular weight excluding hydrogens is 1190 g/mol. The zero-order valence-electron chi connectivity index (χ0n) is 58.8. The van der Waals surface area contributed by atoms with Crippen LogP contribution in [0.3, 0.4) is 0 Å². The second-order valence-corrected chi connectivity index (χ2v) is 30.4. The summed E-state index contributed by atoms with van der Waals surface area (Å²) in [4.78, 5) is 72.5. The van der Waals surface area contributed by atoms with Crippen LogP contribution in [0, 0.1) is 23.7 Å². The number of ether oxygens (including phenoxy) is 4. The van der Waals surface area contributed by atoms with Crippen molar-refractivity contribution in [3.63, 3.8) is 0 Å². The van der Waals surface area contributed by atoms with Gasteiger partial charge in [0.1, 0.15) is 19.3 Å². The van der Waals surface area contributed by atoms with Gasteiger partial charge < -0.3 is 33.8 Å². The van der Waals surface area contributed by atoms with E-state index < -0.39 is 97.5 Å². The molecular formula is C71H138O17P2. The summed E-state index contributed by atoms with van der Waals surface area (Å²) < 4.78 is 68.2. The average molecular weight is 1330 g/mol. The lowest BCUT2D eigenvalue weighted by Gasteiger charge is -2.21. The Morgan fingerprint density at radius 3 is 0.689 bits per heavy atom. The zero-order valence-corrected chi connectivity index (χ0v) is 60.6. The summed E-state index contributed by atoms with van der Waals surface area (Å²) in [7, 11) is -9.90. The van der Waals surface area contributed by atoms with Gasteiger partial charge in [0.2, 0.25) is 0 Å². The number of aliphatic hydroxyl groups is 1. The van der Waals surface area contributed by atoms with Crippen molar-refractivity contribution in [1.29, 1.82) is 0 Å². The molecule has 17 nitrogen and oxygen atoms in total. The molecule has 3 N–H and O–H groups in total. The fraction of sp³-hybridized carbons (Fsp3) is 0.944. The first kappa shape index (κ1) is 88.1. The smallest absolute Gasteiger partial charge is 0.462 e. The molecule has 534 valence electrons. The lowest BCUT2D eigenvalue weighted by atomic mass is 10.0. The van der Waals surface area contributed by atoms with Gasteiger partial charge in [0.15, 0.2) is 12.2 Å². The largest absolute Gasteiger partial charge is 0.472 e. The monoisotopic (exact) mass is 1320 g/mol. The summed E-state index contributed by atoms with van der Waals surface area (Å²) in [6.45, 7) is 14.0. The first-order chi connectivity index (χ1) is 43.1. The molecule has 0 rings (SSSR count). The van der Waals surface area contributed by atoms with E-state index in [0.29, 0.717) is 37.5 Å². The van der Waals surface area contributed by atoms with Gasteiger partial charge in [0, 0.05) is 25.7 Å². The first-order valence-electron chi connectivity index (χ1n) is 36.7. The van der Waals surface area contributed by atoms with E-state index in [1.165, 1.54) is 148 Å². The summed E-state index contributed by atoms with van der Waals surface area (Å²) in [5.74, 6) is 0.804. The molecule has 0 fully saturated rings. The number of phosphoric ester groups is 2. The number of unbranched alkanes of at least 4 members (excludes halogenated alkanes) is 34. The molecule has 0 aliphatic rings. The van der Waals surface area contributed by atoms with Crippen molar-refractivity contribution >= 4 is 39.5 Å². The second kappa shape index (κ2) is 60.7. The average Bonchev–Trinajstić information content (AvgIpc) is 3.70. The molecule has 19 heteroatoms. The topological polar surface area (TPSA) is 237 Å². The highest BCUT2D eigenvalue weighted by molar-refractivity contribution is 7.47. The van der Waals surface area contributed by atoms with E-state index in [1.54, 1.807) is 0 Å². The highest BCUT2D eigenvalue weighted by Gasteiger charge is 2.30. The van der Waals surface area contributed by atoms with Crippen LogP contribution in [0.2, 0.25) is 0 Å². The highest BCUT2D eigenvalue weighted by Crippen LogP contribution is 2.45. The number of carbonyl (C=O) groups is 4. The fourth-order valence-corrected chi connectivity index (χ4v) is 12.2. The molecule has 5 atom stereocenters. The number of phosphoric acid groups is 2. The van der Waals surface area contributed by atoms with Gasteiger partial charge in [-0.3, -0.25) is 37.3 Å². The molecule has 0 aliphatic heterocycles. The minimum atomic E-state index is -4.95. The number of hydrogen-bond donors (Lipinski definition) is 3. The van der Waals surface area contributed by atoms with Crippen LogP contribution in [0.4, 0.5) is 0 Å². The third-order valence-corrected chi connectivity index (χ3v) is 18.2. The molecule has 0 bridgehead atoms. The Morgan fingerprint density at radius 2 is 0.467 bits per heavy atom. The molecule has 0 aromatic carbocycles. The van der Waals surface area contributed by atoms with Gasteiger partial charge in [-0.15, -0.1) is 0 Å². The minimum absolute atomic E-state index is 0.102. The summed E-state index contributed by atoms with van der Waals surface area (Å²) in [5.41, 5.74) is 0. The van der Waals surface area contributed by atoms with Gasteiger partial charge in [-0.25, -0.2) is 9.13 Å². The molecule has 0 saturated heterocycles. The van der Waals surface area contributed by atoms with Crippen LogP contribution in [0.1, 0.15) is 351 Å². The molecule has 0 radical (unpaired) electrons. The van der Waals surface area contributed by atoms with Crippen molar-refractivity contribution < 1.29 is 80.2 Å². The molecule has 0 amide bonds. The van der Waals surface area contributed by atoms with E-state index in [2.05, 4.69) is 55.4 Å². The molecule has 0 spiro atoms. The second-order valence-electron chi connectivity index (χ2n) is 27.5. The van der Waals surface area contributed by atoms with Crippen molar-refractivity contribution in [3.8, 4) is 0 Å². The Labute approximate surface area is 549 Å². The van der Waals surface area contributed by atoms with Crippen LogP contribution in [0.15, 0.2) is 0 Å². The Kier molecular flexibility index (Phi) is 59.4. The van der Waals surface area contributed by atoms with Gasteiger partial charge in [-0.1, -0.05) is 299 Å². The SMILES string of the molecule is CC(C)CCCCCCCCCCCCCCCCCCC(=O)O[C@H](COC(=O)CCCCCCCCCCC(C)C)COP(=O)(O)OCC(O)COP(=O)(O)OC[C@@H](COC(=O)CCCCCCCCCC(C)C)OC(=O)CCCCCCCCCC(C)C. The maximum absolute atomic E-state index is 13.0. The minimum Gasteiger partial charge on any atom is -0.462 e. The molecule has 0 aromatic heterocycles. The van der Waals surface area contributed by atoms with Crippen LogP contribution in [-0.2, 0) is 65.4 Å². The number of hydrogen-bond acceptors (Lipinski definition) is 15. The highest BCUT2D eigenvalue weighted by atomic mass is 31.2. The predicted octanol–water partition coefficient (Wildman–Crippen LogP) is 20.1. The Bertz CT molecular complexity index is 1780. The predicted molar refractivity (Wildman–Crippen MR) is 363 cm³/mol. The van der Waals surface area contributed by atoms with Gasteiger partial charge in [0.25, 0.3) is 0 Å². The van der Waals surface area contributed by atoms with Gasteiger partial charge in [-0.05, 0) is 49.4 Å². The standard InChI is InChI=1S/C71H138O17P2/c1-61(2)47-39-31-23-17-15-13-11-9-10-12-14-16-18-28-37-45-53-70(75)87-66(57-81-68(73)51-43-35-27-20-19-24-32-40-48-62(3)4)59-85-89(77,78)83-55-65(72)56-84-90(79,80)86-60-67(88-71(76)54-46-38-30-22-26-34-42-50-64(7)8)58-82-69(74)52-44-36-29-21-25-33-41-49-63(5)6/h61-67,72H,9-60H2,1-8H3,(H,77,78)(H,79,80)/t65?,66-,67-/m1/s1. The molecule has 3 unspecified atom stereocenters. The summed E-state index contributed by atoms with van der Waals surface area (Å²) in [6, 6.07) is 0. The van der Waals surface area contributed by atoms with E-state index in [9.17, 15) is 43.2 Å². The van der Waals surface area contributed by atoms with Crippen molar-refractivity contribution in [1.82, 2.24) is 0 Å². The van der Waals surface area contributed by atoms with E-state index in [4.69, 9.17) is 37.0 Å². The van der Waals surface area contributed by atoms with Crippen LogP contribution in [-0.4, -0.2) is 96.7 Å². The van der Waals surface area contributed by atoms with Gasteiger partial charge >= 0.3 is 39.5 Å². The lowest BCUT2D eigenvalue weighted by molar-refractivity contribution is -0.161. The zero-order chi connectivity index (χ0) is 66.8. The van der Waals surface area contributed by atoms with Gasteiger partial charge in [-0.2, -0.15) is 0 Å². The van der Waals surface area contributed by atoms with Crippen LogP contribution in [0.5, 0.6) is 0 Å². The van der Waals surface area contributed by atoms with Crippen LogP contribution < -0.4 is 0 Å². The molecule has 0 heterocycles. The first-order valence-corrected chi connectivity index (χ1v) is 39.7. The van der Waals surface area contributed by atoms with Gasteiger partial charge in [0.05, 0.1) is 26.4 Å². The summed E-state index contributed by atoms with van der Waals surface area (Å²) >= 11 is 0. The summed E-state index contributed by atoms with van der Waals surface area (Å²) in [6.07, 6.45) is 43.4. The van der Waals surface area contributed by atoms with Crippen molar-refractivity contribution in [3.05, 3.63) is 0 Å². The maximum Gasteiger partial charge on any atom is 0.472 e. The van der Waals surface area contributed by atoms with Crippen molar-refractivity contribution in [2.24, 2.45) is 23.7 Å². The maximum atomic E-state index is 13.0. The third kappa shape index (κ3) is 64.8. The van der Waals surface area contributed by atoms with E-state index in [1.807, 2.05) is 0 Å². The normalized spacial score (nSPS) is 14.3. The Balaban J connectivity index is 5.20.